The fraction of sp³-hybridized carbons (Fsp3) is 0.333. The number of aromatic nitrogens is 2. The van der Waals surface area contributed by atoms with Gasteiger partial charge >= 0.3 is 0 Å². The van der Waals surface area contributed by atoms with E-state index < -0.39 is 0 Å². The molecule has 6 heteroatoms. The maximum atomic E-state index is 12.6. The zero-order valence-electron chi connectivity index (χ0n) is 15.2. The van der Waals surface area contributed by atoms with Crippen LogP contribution in [0.1, 0.15) is 30.0 Å². The largest absolute Gasteiger partial charge is 0.394 e. The van der Waals surface area contributed by atoms with Gasteiger partial charge < -0.3 is 9.84 Å². The second kappa shape index (κ2) is 7.84. The Morgan fingerprint density at radius 2 is 2.07 bits per heavy atom. The fourth-order valence-corrected chi connectivity index (χ4v) is 4.75. The summed E-state index contributed by atoms with van der Waals surface area (Å²) in [5.74, 6) is 0.697. The minimum absolute atomic E-state index is 0.0244. The fourth-order valence-electron chi connectivity index (χ4n) is 3.70. The summed E-state index contributed by atoms with van der Waals surface area (Å²) in [6.45, 7) is 2.24. The van der Waals surface area contributed by atoms with Crippen molar-refractivity contribution in [1.82, 2.24) is 9.55 Å². The smallest absolute Gasteiger partial charge is 0.277 e. The van der Waals surface area contributed by atoms with Gasteiger partial charge in [0, 0.05) is 23.4 Å². The van der Waals surface area contributed by atoms with E-state index in [1.165, 1.54) is 28.1 Å². The molecular formula is C21H22N2O3S. The van der Waals surface area contributed by atoms with Gasteiger partial charge in [0.25, 0.3) is 5.56 Å². The second-order valence-electron chi connectivity index (χ2n) is 6.52. The maximum absolute atomic E-state index is 12.6. The van der Waals surface area contributed by atoms with Gasteiger partial charge in [0.1, 0.15) is 6.23 Å². The summed E-state index contributed by atoms with van der Waals surface area (Å²) in [6, 6.07) is 14.6. The van der Waals surface area contributed by atoms with Crippen molar-refractivity contribution >= 4 is 22.5 Å². The van der Waals surface area contributed by atoms with Crippen LogP contribution in [0.25, 0.3) is 10.8 Å². The SMILES string of the molecule is CCc1c(Cc2cccc3ccccc23)n2c(nc1=O)SCC2OCCO. The number of aliphatic hydroxyl groups excluding tert-OH is 1. The number of rotatable bonds is 6. The monoisotopic (exact) mass is 382 g/mol. The van der Waals surface area contributed by atoms with Gasteiger partial charge in [-0.15, -0.1) is 0 Å². The molecule has 1 aliphatic rings. The molecule has 0 spiro atoms. The summed E-state index contributed by atoms with van der Waals surface area (Å²) in [5.41, 5.74) is 2.75. The van der Waals surface area contributed by atoms with Gasteiger partial charge in [-0.25, -0.2) is 0 Å². The van der Waals surface area contributed by atoms with Crippen LogP contribution >= 0.6 is 11.8 Å². The highest BCUT2D eigenvalue weighted by Crippen LogP contribution is 2.35. The molecule has 2 aromatic carbocycles. The standard InChI is InChI=1S/C21H22N2O3S/c1-2-16-18(12-15-8-5-7-14-6-3-4-9-17(14)15)23-19(26-11-10-24)13-27-21(23)22-20(16)25/h3-9,19,24H,2,10-13H2,1H3. The number of thioether (sulfide) groups is 1. The van der Waals surface area contributed by atoms with E-state index in [2.05, 4.69) is 39.9 Å². The Bertz CT molecular complexity index is 1030. The minimum atomic E-state index is -0.208. The van der Waals surface area contributed by atoms with E-state index in [9.17, 15) is 4.79 Å². The van der Waals surface area contributed by atoms with E-state index in [1.54, 1.807) is 0 Å². The van der Waals surface area contributed by atoms with Crippen LogP contribution < -0.4 is 5.56 Å². The Balaban J connectivity index is 1.85. The molecule has 1 unspecified atom stereocenters. The third-order valence-electron chi connectivity index (χ3n) is 4.94. The van der Waals surface area contributed by atoms with Crippen LogP contribution in [-0.2, 0) is 17.6 Å². The zero-order valence-corrected chi connectivity index (χ0v) is 16.0. The molecule has 0 saturated heterocycles. The number of nitrogens with zero attached hydrogens (tertiary/aromatic N) is 2. The first kappa shape index (κ1) is 18.2. The highest BCUT2D eigenvalue weighted by Gasteiger charge is 2.29. The Morgan fingerprint density at radius 3 is 2.89 bits per heavy atom. The van der Waals surface area contributed by atoms with Crippen LogP contribution in [0.3, 0.4) is 0 Å². The van der Waals surface area contributed by atoms with E-state index >= 15 is 0 Å². The summed E-state index contributed by atoms with van der Waals surface area (Å²) in [5, 5.41) is 12.2. The van der Waals surface area contributed by atoms with E-state index in [0.29, 0.717) is 23.8 Å². The molecule has 0 saturated carbocycles. The summed E-state index contributed by atoms with van der Waals surface area (Å²) >= 11 is 1.53. The van der Waals surface area contributed by atoms with Crippen LogP contribution in [0.5, 0.6) is 0 Å². The van der Waals surface area contributed by atoms with Crippen molar-refractivity contribution in [1.29, 1.82) is 0 Å². The van der Waals surface area contributed by atoms with Crippen molar-refractivity contribution in [2.24, 2.45) is 0 Å². The average Bonchev–Trinajstić information content (AvgIpc) is 3.09. The van der Waals surface area contributed by atoms with Crippen LogP contribution in [0.2, 0.25) is 0 Å². The second-order valence-corrected chi connectivity index (χ2v) is 7.51. The van der Waals surface area contributed by atoms with Crippen LogP contribution in [0.4, 0.5) is 0 Å². The van der Waals surface area contributed by atoms with Crippen molar-refractivity contribution in [3.63, 3.8) is 0 Å². The first-order chi connectivity index (χ1) is 13.2. The van der Waals surface area contributed by atoms with Gasteiger partial charge in [-0.2, -0.15) is 4.98 Å². The number of hydrogen-bond donors (Lipinski definition) is 1. The maximum Gasteiger partial charge on any atom is 0.277 e. The van der Waals surface area contributed by atoms with E-state index in [4.69, 9.17) is 9.84 Å². The molecule has 3 aromatic rings. The third-order valence-corrected chi connectivity index (χ3v) is 5.93. The van der Waals surface area contributed by atoms with E-state index in [0.717, 1.165) is 11.3 Å². The van der Waals surface area contributed by atoms with E-state index in [-0.39, 0.29) is 25.0 Å². The molecule has 1 aliphatic heterocycles. The molecule has 27 heavy (non-hydrogen) atoms. The number of benzene rings is 2. The normalized spacial score (nSPS) is 16.0. The molecule has 5 nitrogen and oxygen atoms in total. The lowest BCUT2D eigenvalue weighted by atomic mass is 9.98. The lowest BCUT2D eigenvalue weighted by Gasteiger charge is -2.21. The van der Waals surface area contributed by atoms with Crippen LogP contribution in [0.15, 0.2) is 52.4 Å². The number of fused-ring (bicyclic) bond motifs is 2. The molecule has 1 atom stereocenters. The Hall–Kier alpha value is -2.15. The van der Waals surface area contributed by atoms with Gasteiger partial charge in [0.2, 0.25) is 0 Å². The number of hydrogen-bond acceptors (Lipinski definition) is 5. The number of aliphatic hydroxyl groups is 1. The van der Waals surface area contributed by atoms with Crippen molar-refractivity contribution in [2.45, 2.75) is 31.1 Å². The molecular weight excluding hydrogens is 360 g/mol. The molecule has 4 rings (SSSR count). The predicted molar refractivity (Wildman–Crippen MR) is 107 cm³/mol. The van der Waals surface area contributed by atoms with Gasteiger partial charge in [0.05, 0.1) is 13.2 Å². The molecule has 1 N–H and O–H groups in total. The average molecular weight is 382 g/mol. The zero-order chi connectivity index (χ0) is 18.8. The highest BCUT2D eigenvalue weighted by molar-refractivity contribution is 7.99. The van der Waals surface area contributed by atoms with Gasteiger partial charge in [-0.05, 0) is 22.8 Å². The van der Waals surface area contributed by atoms with Gasteiger partial charge in [0.15, 0.2) is 5.16 Å². The molecule has 0 aliphatic carbocycles. The van der Waals surface area contributed by atoms with E-state index in [1.807, 2.05) is 19.1 Å². The summed E-state index contributed by atoms with van der Waals surface area (Å²) < 4.78 is 7.89. The summed E-state index contributed by atoms with van der Waals surface area (Å²) in [7, 11) is 0. The first-order valence-electron chi connectivity index (χ1n) is 9.19. The summed E-state index contributed by atoms with van der Waals surface area (Å²) in [6.07, 6.45) is 1.07. The molecule has 0 bridgehead atoms. The van der Waals surface area contributed by atoms with Crippen molar-refractivity contribution in [3.8, 4) is 0 Å². The first-order valence-corrected chi connectivity index (χ1v) is 10.2. The number of ether oxygens (including phenoxy) is 1. The molecule has 0 amide bonds. The molecule has 1 aromatic heterocycles. The molecule has 140 valence electrons. The quantitative estimate of drug-likeness (QED) is 0.664. The highest BCUT2D eigenvalue weighted by atomic mass is 32.2. The lowest BCUT2D eigenvalue weighted by molar-refractivity contribution is -0.00337. The molecule has 0 radical (unpaired) electrons. The Labute approximate surface area is 162 Å². The van der Waals surface area contributed by atoms with Gasteiger partial charge in [-0.1, -0.05) is 61.2 Å². The Morgan fingerprint density at radius 1 is 1.26 bits per heavy atom. The molecule has 0 fully saturated rings. The van der Waals surface area contributed by atoms with Gasteiger partial charge in [-0.3, -0.25) is 9.36 Å². The minimum Gasteiger partial charge on any atom is -0.394 e. The van der Waals surface area contributed by atoms with Crippen LogP contribution in [-0.4, -0.2) is 33.6 Å². The van der Waals surface area contributed by atoms with Crippen LogP contribution in [0, 0.1) is 0 Å². The summed E-state index contributed by atoms with van der Waals surface area (Å²) in [4.78, 5) is 16.9. The van der Waals surface area contributed by atoms with Crippen molar-refractivity contribution in [3.05, 3.63) is 69.6 Å². The topological polar surface area (TPSA) is 64.4 Å². The van der Waals surface area contributed by atoms with Crippen molar-refractivity contribution in [2.75, 3.05) is 19.0 Å². The predicted octanol–water partition coefficient (Wildman–Crippen LogP) is 3.16. The lowest BCUT2D eigenvalue weighted by Crippen LogP contribution is -2.26. The third kappa shape index (κ3) is 3.40. The van der Waals surface area contributed by atoms with Crippen molar-refractivity contribution < 1.29 is 9.84 Å². The molecule has 2 heterocycles. The Kier molecular flexibility index (Phi) is 5.29.